The van der Waals surface area contributed by atoms with Crippen LogP contribution in [0.5, 0.6) is 11.8 Å². The molecule has 444 valence electrons. The number of aryl methyl sites for hydroxylation is 2. The van der Waals surface area contributed by atoms with Gasteiger partial charge in [0, 0.05) is 108 Å². The quantitative estimate of drug-likeness (QED) is 0.0675. The van der Waals surface area contributed by atoms with Gasteiger partial charge in [-0.25, -0.2) is 13.8 Å². The van der Waals surface area contributed by atoms with Crippen LogP contribution < -0.4 is 25.2 Å². The molecule has 0 aliphatic carbocycles. The number of aliphatic hydroxyl groups is 1. The third-order valence-electron chi connectivity index (χ3n) is 18.2. The molecule has 4 aromatic heterocycles. The van der Waals surface area contributed by atoms with Gasteiger partial charge in [-0.3, -0.25) is 24.4 Å². The van der Waals surface area contributed by atoms with E-state index in [0.717, 1.165) is 50.9 Å². The normalized spacial score (nSPS) is 22.8. The molecule has 3 aromatic carbocycles. The minimum absolute atomic E-state index is 0.00145. The largest absolute Gasteiger partial charge is 0.508 e. The molecule has 5 aliphatic heterocycles. The molecule has 18 nitrogen and oxygen atoms in total. The van der Waals surface area contributed by atoms with Crippen LogP contribution in [0.1, 0.15) is 101 Å². The van der Waals surface area contributed by atoms with Crippen LogP contribution in [0.2, 0.25) is 0 Å². The monoisotopic (exact) mass is 1170 g/mol. The number of likely N-dealkylation sites (tertiary alicyclic amines) is 2. The molecule has 21 heteroatoms. The lowest BCUT2D eigenvalue weighted by atomic mass is 9.91. The van der Waals surface area contributed by atoms with Crippen molar-refractivity contribution in [1.82, 2.24) is 50.4 Å². The van der Waals surface area contributed by atoms with Crippen molar-refractivity contribution in [2.45, 2.75) is 128 Å². The fourth-order valence-electron chi connectivity index (χ4n) is 13.5. The van der Waals surface area contributed by atoms with Crippen molar-refractivity contribution in [2.75, 3.05) is 81.9 Å². The molecule has 7 atom stereocenters. The SMILES string of the molecule is CCc1cccc2cc(O)cc(-c3ncc4c(N5CC6CCC(C5)N6)nc(OCCN5CCC(F)(CN6CCN(c7cc([C@@H](C(=O)N8C[C@H](O)C[C@H]8C(=O)N[C@@H](C)c8ccc(-c9scnc9C)cc8)C(C)C)on7)C[C@H]6C)CC5)nc4c3F)c12. The van der Waals surface area contributed by atoms with Crippen molar-refractivity contribution in [3.8, 4) is 33.5 Å². The van der Waals surface area contributed by atoms with E-state index < -0.39 is 29.5 Å². The van der Waals surface area contributed by atoms with Gasteiger partial charge in [-0.1, -0.05) is 68.4 Å². The third-order valence-corrected chi connectivity index (χ3v) is 19.2. The Morgan fingerprint density at radius 1 is 0.964 bits per heavy atom. The van der Waals surface area contributed by atoms with Gasteiger partial charge in [0.1, 0.15) is 47.0 Å². The summed E-state index contributed by atoms with van der Waals surface area (Å²) in [5.74, 6) is -0.577. The number of carbonyl (C=O) groups excluding carboxylic acids is 2. The first-order valence-electron chi connectivity index (χ1n) is 29.9. The number of hydrogen-bond donors (Lipinski definition) is 4. The first kappa shape index (κ1) is 57.5. The highest BCUT2D eigenvalue weighted by Gasteiger charge is 2.45. The van der Waals surface area contributed by atoms with Crippen molar-refractivity contribution < 1.29 is 37.8 Å². The first-order valence-corrected chi connectivity index (χ1v) is 30.8. The summed E-state index contributed by atoms with van der Waals surface area (Å²) in [5, 5.41) is 35.0. The average Bonchev–Trinajstić information content (AvgIpc) is 2.41. The van der Waals surface area contributed by atoms with Crippen LogP contribution in [0.4, 0.5) is 20.4 Å². The Labute approximate surface area is 492 Å². The molecule has 7 aromatic rings. The molecule has 12 rings (SSSR count). The average molecular weight is 1170 g/mol. The van der Waals surface area contributed by atoms with E-state index in [4.69, 9.17) is 24.2 Å². The zero-order valence-electron chi connectivity index (χ0n) is 48.7. The maximum absolute atomic E-state index is 17.2. The molecule has 2 bridgehead atoms. The number of piperazine rings is 2. The highest BCUT2D eigenvalue weighted by Crippen LogP contribution is 2.40. The van der Waals surface area contributed by atoms with Crippen molar-refractivity contribution in [3.05, 3.63) is 101 Å². The fraction of sp³-hybridized carbons (Fsp3) is 0.508. The number of anilines is 2. The molecule has 5 aliphatic rings. The van der Waals surface area contributed by atoms with Crippen molar-refractivity contribution >= 4 is 56.5 Å². The second-order valence-electron chi connectivity index (χ2n) is 24.3. The number of aliphatic hydroxyl groups excluding tert-OH is 1. The number of ether oxygens (including phenoxy) is 1. The molecule has 2 unspecified atom stereocenters. The highest BCUT2D eigenvalue weighted by atomic mass is 32.1. The molecular weight excluding hydrogens is 1090 g/mol. The van der Waals surface area contributed by atoms with Crippen LogP contribution in [0.25, 0.3) is 43.4 Å². The summed E-state index contributed by atoms with van der Waals surface area (Å²) in [7, 11) is 0. The van der Waals surface area contributed by atoms with Crippen LogP contribution in [0, 0.1) is 18.7 Å². The number of nitrogens with zero attached hydrogens (tertiary/aromatic N) is 10. The van der Waals surface area contributed by atoms with E-state index in [1.54, 1.807) is 29.7 Å². The number of benzene rings is 3. The van der Waals surface area contributed by atoms with Crippen LogP contribution >= 0.6 is 11.3 Å². The predicted octanol–water partition coefficient (Wildman–Crippen LogP) is 8.59. The molecular formula is C63H76F2N12O6S. The first-order chi connectivity index (χ1) is 40.5. The summed E-state index contributed by atoms with van der Waals surface area (Å²) in [4.78, 5) is 58.4. The number of phenols is 1. The number of carbonyl (C=O) groups is 2. The predicted molar refractivity (Wildman–Crippen MR) is 321 cm³/mol. The number of thiazole rings is 1. The summed E-state index contributed by atoms with van der Waals surface area (Å²) < 4.78 is 46.3. The van der Waals surface area contributed by atoms with Gasteiger partial charge in [-0.2, -0.15) is 9.97 Å². The molecule has 0 saturated carbocycles. The number of rotatable bonds is 17. The smallest absolute Gasteiger partial charge is 0.319 e. The molecule has 4 N–H and O–H groups in total. The summed E-state index contributed by atoms with van der Waals surface area (Å²) >= 11 is 1.58. The Morgan fingerprint density at radius 2 is 1.74 bits per heavy atom. The number of piperidine rings is 1. The number of aromatic nitrogens is 5. The van der Waals surface area contributed by atoms with E-state index in [1.165, 1.54) is 4.90 Å². The lowest BCUT2D eigenvalue weighted by Crippen LogP contribution is -2.57. The summed E-state index contributed by atoms with van der Waals surface area (Å²) in [6.45, 7) is 17.3. The standard InChI is InChI=1S/C63H76F2N12O6S/c1-7-40-9-8-10-43-25-46(78)26-48(54(40)43)56-55(64)57-49(29-66-56)59(76-31-44-15-16-45(32-76)69-44)71-62(70-57)82-24-23-73-19-17-63(65,18-20-73)34-75-22-21-74(30-37(75)4)52-28-51(83-72-52)53(36(2)3)61(81)77-33-47(79)27-50(77)60(80)68-38(5)41-11-13-42(14-12-41)58-39(6)67-35-84-58/h8-14,25-26,28-29,35-38,44-45,47,50,53,69,78-79H,7,15-24,27,30-34H2,1-6H3,(H,68,80)/t37-,38+,44?,45?,47-,50+,53+/m1/s1. The number of halogens is 2. The van der Waals surface area contributed by atoms with Gasteiger partial charge < -0.3 is 44.8 Å². The van der Waals surface area contributed by atoms with Crippen molar-refractivity contribution in [1.29, 1.82) is 0 Å². The topological polar surface area (TPSA) is 202 Å². The van der Waals surface area contributed by atoms with Gasteiger partial charge in [0.05, 0.1) is 33.6 Å². The summed E-state index contributed by atoms with van der Waals surface area (Å²) in [5.41, 5.74) is 5.10. The Morgan fingerprint density at radius 3 is 2.45 bits per heavy atom. The van der Waals surface area contributed by atoms with Gasteiger partial charge >= 0.3 is 6.01 Å². The number of fused-ring (bicyclic) bond motifs is 4. The number of hydrogen-bond acceptors (Lipinski definition) is 17. The van der Waals surface area contributed by atoms with Gasteiger partial charge in [0.25, 0.3) is 0 Å². The maximum atomic E-state index is 17.2. The number of β-amino-alcohol motifs (C(OH)–C–C–N with tert-alkyl or cyclic N) is 1. The number of amides is 2. The Balaban J connectivity index is 0.652. The van der Waals surface area contributed by atoms with E-state index in [2.05, 4.69) is 47.3 Å². The Kier molecular flexibility index (Phi) is 16.3. The second kappa shape index (κ2) is 23.9. The number of aromatic hydroxyl groups is 1. The molecule has 5 fully saturated rings. The van der Waals surface area contributed by atoms with E-state index in [0.29, 0.717) is 119 Å². The van der Waals surface area contributed by atoms with Gasteiger partial charge in [-0.05, 0) is 98.4 Å². The highest BCUT2D eigenvalue weighted by molar-refractivity contribution is 7.13. The van der Waals surface area contributed by atoms with Gasteiger partial charge in [0.2, 0.25) is 11.8 Å². The number of pyridine rings is 1. The molecule has 0 spiro atoms. The molecule has 2 amide bonds. The van der Waals surface area contributed by atoms with Crippen molar-refractivity contribution in [3.63, 3.8) is 0 Å². The number of nitrogens with one attached hydrogen (secondary N) is 2. The molecule has 0 radical (unpaired) electrons. The van der Waals surface area contributed by atoms with Gasteiger partial charge in [0.15, 0.2) is 17.4 Å². The van der Waals surface area contributed by atoms with Gasteiger partial charge in [-0.15, -0.1) is 11.3 Å². The van der Waals surface area contributed by atoms with Crippen LogP contribution in [-0.4, -0.2) is 170 Å². The van der Waals surface area contributed by atoms with E-state index in [-0.39, 0.29) is 72.4 Å². The molecule has 5 saturated heterocycles. The van der Waals surface area contributed by atoms with E-state index in [1.807, 2.05) is 88.7 Å². The zero-order chi connectivity index (χ0) is 58.6. The second-order valence-corrected chi connectivity index (χ2v) is 25.2. The lowest BCUT2D eigenvalue weighted by molar-refractivity contribution is -0.141. The minimum atomic E-state index is -1.39. The molecule has 9 heterocycles. The Hall–Kier alpha value is -6.91. The fourth-order valence-corrected chi connectivity index (χ4v) is 14.4. The Bertz CT molecular complexity index is 3530. The van der Waals surface area contributed by atoms with E-state index in [9.17, 15) is 19.8 Å². The summed E-state index contributed by atoms with van der Waals surface area (Å²) in [6.07, 6.45) is 4.49. The number of phenolic OH excluding ortho intramolecular Hbond substituents is 1. The zero-order valence-corrected chi connectivity index (χ0v) is 49.5. The number of alkyl halides is 1. The van der Waals surface area contributed by atoms with Crippen LogP contribution in [0.3, 0.4) is 0 Å². The van der Waals surface area contributed by atoms with Crippen LogP contribution in [-0.2, 0) is 16.0 Å². The maximum Gasteiger partial charge on any atom is 0.319 e. The lowest BCUT2D eigenvalue weighted by Gasteiger charge is -2.44. The third kappa shape index (κ3) is 11.7. The van der Waals surface area contributed by atoms with Crippen LogP contribution in [0.15, 0.2) is 76.9 Å². The minimum Gasteiger partial charge on any atom is -0.508 e. The summed E-state index contributed by atoms with van der Waals surface area (Å²) in [6, 6.07) is 18.4. The van der Waals surface area contributed by atoms with Crippen molar-refractivity contribution in [2.24, 2.45) is 5.92 Å². The van der Waals surface area contributed by atoms with E-state index >= 15 is 8.78 Å². The molecule has 84 heavy (non-hydrogen) atoms.